The lowest BCUT2D eigenvalue weighted by Crippen LogP contribution is -2.06. The first-order valence-electron chi connectivity index (χ1n) is 3.10. The Morgan fingerprint density at radius 2 is 2.70 bits per heavy atom. The highest BCUT2D eigenvalue weighted by atomic mass is 16.5. The molecule has 0 aromatic rings. The highest BCUT2D eigenvalue weighted by Gasteiger charge is 2.16. The molecule has 0 radical (unpaired) electrons. The minimum absolute atomic E-state index is 0.0929. The third-order valence-corrected chi connectivity index (χ3v) is 1.16. The fourth-order valence-electron chi connectivity index (χ4n) is 0.763. The van der Waals surface area contributed by atoms with E-state index in [1.807, 2.05) is 6.92 Å². The van der Waals surface area contributed by atoms with E-state index in [9.17, 15) is 4.79 Å². The molecule has 1 rings (SSSR count). The number of hydrogen-bond acceptors (Lipinski definition) is 3. The minimum atomic E-state index is -0.896. The van der Waals surface area contributed by atoms with Crippen LogP contribution >= 0.6 is 0 Å². The van der Waals surface area contributed by atoms with E-state index in [2.05, 4.69) is 4.99 Å². The number of carboxylic acids is 1. The van der Waals surface area contributed by atoms with Crippen LogP contribution < -0.4 is 0 Å². The summed E-state index contributed by atoms with van der Waals surface area (Å²) in [5.41, 5.74) is 0. The summed E-state index contributed by atoms with van der Waals surface area (Å²) < 4.78 is 4.95. The molecule has 0 bridgehead atoms. The molecule has 0 aromatic carbocycles. The molecule has 1 aliphatic rings. The second-order valence-electron chi connectivity index (χ2n) is 2.25. The van der Waals surface area contributed by atoms with E-state index in [1.165, 1.54) is 0 Å². The summed E-state index contributed by atoms with van der Waals surface area (Å²) in [6.07, 6.45) is -0.0929. The lowest BCUT2D eigenvalue weighted by Gasteiger charge is -1.94. The van der Waals surface area contributed by atoms with Gasteiger partial charge < -0.3 is 9.84 Å². The standard InChI is InChI=1S/C6H9NO3/c1-4-3-10-5(7-4)2-6(8)9/h4H,2-3H2,1H3,(H,8,9). The number of nitrogens with zero attached hydrogens (tertiary/aromatic N) is 1. The summed E-state index contributed by atoms with van der Waals surface area (Å²) in [6.45, 7) is 2.40. The molecule has 0 spiro atoms. The molecule has 4 heteroatoms. The maximum atomic E-state index is 10.1. The molecular weight excluding hydrogens is 134 g/mol. The maximum absolute atomic E-state index is 10.1. The average molecular weight is 143 g/mol. The summed E-state index contributed by atoms with van der Waals surface area (Å²) >= 11 is 0. The van der Waals surface area contributed by atoms with Gasteiger partial charge in [-0.05, 0) is 6.92 Å². The van der Waals surface area contributed by atoms with Crippen molar-refractivity contribution in [3.63, 3.8) is 0 Å². The topological polar surface area (TPSA) is 58.9 Å². The molecule has 0 saturated carbocycles. The van der Waals surface area contributed by atoms with Gasteiger partial charge in [0.15, 0.2) is 5.90 Å². The average Bonchev–Trinajstić information content (AvgIpc) is 2.13. The van der Waals surface area contributed by atoms with Crippen LogP contribution in [-0.4, -0.2) is 29.6 Å². The third-order valence-electron chi connectivity index (χ3n) is 1.16. The molecule has 0 amide bonds. The van der Waals surface area contributed by atoms with E-state index in [0.717, 1.165) is 0 Å². The Kier molecular flexibility index (Phi) is 1.89. The van der Waals surface area contributed by atoms with Gasteiger partial charge in [0.2, 0.25) is 0 Å². The van der Waals surface area contributed by atoms with Crippen molar-refractivity contribution in [3.8, 4) is 0 Å². The number of carbonyl (C=O) groups is 1. The van der Waals surface area contributed by atoms with Gasteiger partial charge in [0.25, 0.3) is 0 Å². The Balaban J connectivity index is 2.43. The third kappa shape index (κ3) is 1.72. The molecule has 0 aromatic heterocycles. The molecule has 0 saturated heterocycles. The molecule has 1 atom stereocenters. The normalized spacial score (nSPS) is 23.7. The largest absolute Gasteiger partial charge is 0.481 e. The smallest absolute Gasteiger partial charge is 0.312 e. The van der Waals surface area contributed by atoms with E-state index >= 15 is 0 Å². The zero-order valence-corrected chi connectivity index (χ0v) is 5.70. The lowest BCUT2D eigenvalue weighted by atomic mass is 10.4. The van der Waals surface area contributed by atoms with Crippen LogP contribution in [-0.2, 0) is 9.53 Å². The molecule has 0 fully saturated rings. The zero-order chi connectivity index (χ0) is 7.56. The first kappa shape index (κ1) is 7.05. The van der Waals surface area contributed by atoms with Crippen molar-refractivity contribution < 1.29 is 14.6 Å². The highest BCUT2D eigenvalue weighted by molar-refractivity contribution is 5.94. The predicted molar refractivity (Wildman–Crippen MR) is 35.1 cm³/mol. The molecule has 56 valence electrons. The van der Waals surface area contributed by atoms with Crippen LogP contribution in [0.3, 0.4) is 0 Å². The Hall–Kier alpha value is -1.06. The monoisotopic (exact) mass is 143 g/mol. The van der Waals surface area contributed by atoms with Crippen molar-refractivity contribution in [1.82, 2.24) is 0 Å². The minimum Gasteiger partial charge on any atom is -0.481 e. The van der Waals surface area contributed by atoms with Crippen molar-refractivity contribution in [2.45, 2.75) is 19.4 Å². The molecule has 1 N–H and O–H groups in total. The van der Waals surface area contributed by atoms with Crippen molar-refractivity contribution in [2.24, 2.45) is 4.99 Å². The van der Waals surface area contributed by atoms with Crippen LogP contribution in [0.25, 0.3) is 0 Å². The fraction of sp³-hybridized carbons (Fsp3) is 0.667. The van der Waals surface area contributed by atoms with E-state index in [4.69, 9.17) is 9.84 Å². The van der Waals surface area contributed by atoms with Gasteiger partial charge >= 0.3 is 5.97 Å². The van der Waals surface area contributed by atoms with Gasteiger partial charge in [-0.1, -0.05) is 0 Å². The fourth-order valence-corrected chi connectivity index (χ4v) is 0.763. The number of rotatable bonds is 2. The van der Waals surface area contributed by atoms with Gasteiger partial charge in [-0.15, -0.1) is 0 Å². The summed E-state index contributed by atoms with van der Waals surface area (Å²) in [5.74, 6) is -0.548. The van der Waals surface area contributed by atoms with Gasteiger partial charge in [0.1, 0.15) is 13.0 Å². The molecule has 10 heavy (non-hydrogen) atoms. The number of ether oxygens (including phenoxy) is 1. The van der Waals surface area contributed by atoms with Gasteiger partial charge in [-0.2, -0.15) is 0 Å². The Bertz CT molecular complexity index is 176. The molecule has 1 heterocycles. The van der Waals surface area contributed by atoms with Crippen molar-refractivity contribution in [3.05, 3.63) is 0 Å². The Morgan fingerprint density at radius 3 is 3.10 bits per heavy atom. The summed E-state index contributed by atoms with van der Waals surface area (Å²) in [7, 11) is 0. The SMILES string of the molecule is CC1COC(CC(=O)O)=N1. The van der Waals surface area contributed by atoms with E-state index in [0.29, 0.717) is 12.5 Å². The van der Waals surface area contributed by atoms with Gasteiger partial charge in [0, 0.05) is 0 Å². The quantitative estimate of drug-likeness (QED) is 0.604. The van der Waals surface area contributed by atoms with Gasteiger partial charge in [0.05, 0.1) is 6.04 Å². The predicted octanol–water partition coefficient (Wildman–Crippen LogP) is 0.278. The first-order valence-corrected chi connectivity index (χ1v) is 3.10. The van der Waals surface area contributed by atoms with Crippen molar-refractivity contribution >= 4 is 11.9 Å². The Labute approximate surface area is 58.5 Å². The first-order chi connectivity index (χ1) is 4.68. The van der Waals surface area contributed by atoms with Crippen LogP contribution in [0.4, 0.5) is 0 Å². The molecular formula is C6H9NO3. The zero-order valence-electron chi connectivity index (χ0n) is 5.70. The maximum Gasteiger partial charge on any atom is 0.312 e. The van der Waals surface area contributed by atoms with Crippen LogP contribution in [0.5, 0.6) is 0 Å². The highest BCUT2D eigenvalue weighted by Crippen LogP contribution is 2.05. The van der Waals surface area contributed by atoms with E-state index < -0.39 is 5.97 Å². The van der Waals surface area contributed by atoms with Crippen molar-refractivity contribution in [2.75, 3.05) is 6.61 Å². The molecule has 1 unspecified atom stereocenters. The number of carboxylic acid groups (broad SMARTS) is 1. The summed E-state index contributed by atoms with van der Waals surface area (Å²) in [6, 6.07) is 0.120. The summed E-state index contributed by atoms with van der Waals surface area (Å²) in [4.78, 5) is 14.0. The van der Waals surface area contributed by atoms with Crippen molar-refractivity contribution in [1.29, 1.82) is 0 Å². The molecule has 4 nitrogen and oxygen atoms in total. The Morgan fingerprint density at radius 1 is 2.00 bits per heavy atom. The number of aliphatic carboxylic acids is 1. The summed E-state index contributed by atoms with van der Waals surface area (Å²) in [5, 5.41) is 8.30. The van der Waals surface area contributed by atoms with E-state index in [-0.39, 0.29) is 12.5 Å². The number of hydrogen-bond donors (Lipinski definition) is 1. The molecule has 1 aliphatic heterocycles. The van der Waals surface area contributed by atoms with Crippen LogP contribution in [0, 0.1) is 0 Å². The van der Waals surface area contributed by atoms with Crippen LogP contribution in [0.2, 0.25) is 0 Å². The van der Waals surface area contributed by atoms with Gasteiger partial charge in [-0.25, -0.2) is 4.99 Å². The lowest BCUT2D eigenvalue weighted by molar-refractivity contribution is -0.135. The second-order valence-corrected chi connectivity index (χ2v) is 2.25. The number of aliphatic imine (C=N–C) groups is 1. The van der Waals surface area contributed by atoms with E-state index in [1.54, 1.807) is 0 Å². The van der Waals surface area contributed by atoms with Crippen LogP contribution in [0.1, 0.15) is 13.3 Å². The van der Waals surface area contributed by atoms with Crippen LogP contribution in [0.15, 0.2) is 4.99 Å². The second kappa shape index (κ2) is 2.68. The molecule has 0 aliphatic carbocycles. The van der Waals surface area contributed by atoms with Gasteiger partial charge in [-0.3, -0.25) is 4.79 Å².